The van der Waals surface area contributed by atoms with Gasteiger partial charge in [-0.1, -0.05) is 30.3 Å². The van der Waals surface area contributed by atoms with Gasteiger partial charge in [0.05, 0.1) is 30.5 Å². The zero-order valence-corrected chi connectivity index (χ0v) is 15.8. The van der Waals surface area contributed by atoms with Crippen molar-refractivity contribution in [3.8, 4) is 28.6 Å². The minimum absolute atomic E-state index is 0.602. The molecule has 6 nitrogen and oxygen atoms in total. The second-order valence-corrected chi connectivity index (χ2v) is 6.97. The Hall–Kier alpha value is -3.69. The van der Waals surface area contributed by atoms with Crippen molar-refractivity contribution in [1.82, 2.24) is 15.0 Å². The number of nitrogens with one attached hydrogen (secondary N) is 1. The third-order valence-electron chi connectivity index (χ3n) is 5.28. The number of nitriles is 1. The lowest BCUT2D eigenvalue weighted by molar-refractivity contribution is 0.122. The second kappa shape index (κ2) is 7.38. The van der Waals surface area contributed by atoms with Crippen LogP contribution in [0.1, 0.15) is 5.56 Å². The first-order valence-corrected chi connectivity index (χ1v) is 9.60. The summed E-state index contributed by atoms with van der Waals surface area (Å²) in [6.45, 7) is 3.39. The molecule has 29 heavy (non-hydrogen) atoms. The number of rotatable bonds is 3. The predicted octanol–water partition coefficient (Wildman–Crippen LogP) is 4.00. The van der Waals surface area contributed by atoms with Gasteiger partial charge in [-0.05, 0) is 29.8 Å². The Labute approximate surface area is 168 Å². The van der Waals surface area contributed by atoms with Crippen LogP contribution in [0, 0.1) is 11.3 Å². The lowest BCUT2D eigenvalue weighted by atomic mass is 10.0. The first-order chi connectivity index (χ1) is 14.3. The van der Waals surface area contributed by atoms with Crippen molar-refractivity contribution >= 4 is 16.7 Å². The number of fused-ring (bicyclic) bond motifs is 1. The van der Waals surface area contributed by atoms with Gasteiger partial charge >= 0.3 is 0 Å². The van der Waals surface area contributed by atoms with Crippen molar-refractivity contribution in [1.29, 1.82) is 5.26 Å². The molecule has 0 amide bonds. The SMILES string of the molecule is N#Cc1ccccc1-c1ncnc2[nH]c(-c3ccc(N4CCOCC4)cc3)cc12. The minimum atomic E-state index is 0.602. The number of anilines is 1. The van der Waals surface area contributed by atoms with Crippen LogP contribution in [-0.4, -0.2) is 41.3 Å². The molecule has 0 saturated carbocycles. The molecule has 4 aromatic rings. The van der Waals surface area contributed by atoms with Gasteiger partial charge in [-0.15, -0.1) is 0 Å². The van der Waals surface area contributed by atoms with E-state index in [1.54, 1.807) is 6.07 Å². The third-order valence-corrected chi connectivity index (χ3v) is 5.28. The molecule has 0 atom stereocenters. The van der Waals surface area contributed by atoms with Gasteiger partial charge in [0.15, 0.2) is 0 Å². The van der Waals surface area contributed by atoms with Crippen LogP contribution in [-0.2, 0) is 4.74 Å². The molecule has 1 fully saturated rings. The Kier molecular flexibility index (Phi) is 4.43. The molecule has 1 aliphatic heterocycles. The summed E-state index contributed by atoms with van der Waals surface area (Å²) >= 11 is 0. The summed E-state index contributed by atoms with van der Waals surface area (Å²) in [6.07, 6.45) is 1.54. The lowest BCUT2D eigenvalue weighted by Crippen LogP contribution is -2.36. The van der Waals surface area contributed by atoms with Crippen molar-refractivity contribution in [3.05, 3.63) is 66.5 Å². The van der Waals surface area contributed by atoms with Crippen molar-refractivity contribution in [3.63, 3.8) is 0 Å². The average Bonchev–Trinajstić information content (AvgIpc) is 3.24. The lowest BCUT2D eigenvalue weighted by Gasteiger charge is -2.28. The van der Waals surface area contributed by atoms with E-state index in [2.05, 4.69) is 56.3 Å². The van der Waals surface area contributed by atoms with Gasteiger partial charge in [0.2, 0.25) is 0 Å². The molecule has 0 aliphatic carbocycles. The standard InChI is InChI=1S/C23H19N5O/c24-14-17-3-1-2-4-19(17)22-20-13-21(27-23(20)26-15-25-22)16-5-7-18(8-6-16)28-9-11-29-12-10-28/h1-8,13,15H,9-12H2,(H,25,26,27). The Bertz CT molecular complexity index is 1200. The molecule has 3 heterocycles. The molecule has 0 bridgehead atoms. The van der Waals surface area contributed by atoms with E-state index in [1.165, 1.54) is 12.0 Å². The maximum Gasteiger partial charge on any atom is 0.141 e. The quantitative estimate of drug-likeness (QED) is 0.580. The van der Waals surface area contributed by atoms with Gasteiger partial charge in [-0.3, -0.25) is 0 Å². The Morgan fingerprint density at radius 1 is 1.00 bits per heavy atom. The Morgan fingerprint density at radius 2 is 1.79 bits per heavy atom. The molecule has 1 N–H and O–H groups in total. The summed E-state index contributed by atoms with van der Waals surface area (Å²) in [5, 5.41) is 10.4. The van der Waals surface area contributed by atoms with Crippen LogP contribution in [0.4, 0.5) is 5.69 Å². The topological polar surface area (TPSA) is 77.8 Å². The molecule has 6 heteroatoms. The van der Waals surface area contributed by atoms with Crippen LogP contribution < -0.4 is 4.90 Å². The molecule has 0 radical (unpaired) electrons. The number of morpholine rings is 1. The normalized spacial score (nSPS) is 14.1. The van der Waals surface area contributed by atoms with Crippen molar-refractivity contribution in [2.75, 3.05) is 31.2 Å². The number of benzene rings is 2. The molecule has 142 valence electrons. The highest BCUT2D eigenvalue weighted by Crippen LogP contribution is 2.32. The molecular weight excluding hydrogens is 362 g/mol. The van der Waals surface area contributed by atoms with E-state index in [9.17, 15) is 5.26 Å². The molecular formula is C23H19N5O. The highest BCUT2D eigenvalue weighted by Gasteiger charge is 2.15. The first kappa shape index (κ1) is 17.4. The fraction of sp³-hybridized carbons (Fsp3) is 0.174. The fourth-order valence-corrected chi connectivity index (χ4v) is 3.77. The van der Waals surface area contributed by atoms with E-state index < -0.39 is 0 Å². The zero-order chi connectivity index (χ0) is 19.6. The van der Waals surface area contributed by atoms with Crippen LogP contribution in [0.5, 0.6) is 0 Å². The summed E-state index contributed by atoms with van der Waals surface area (Å²) in [7, 11) is 0. The summed E-state index contributed by atoms with van der Waals surface area (Å²) in [4.78, 5) is 14.6. The monoisotopic (exact) mass is 381 g/mol. The number of aromatic nitrogens is 3. The number of hydrogen-bond donors (Lipinski definition) is 1. The molecule has 0 spiro atoms. The molecule has 5 rings (SSSR count). The van der Waals surface area contributed by atoms with Crippen LogP contribution in [0.15, 0.2) is 60.9 Å². The van der Waals surface area contributed by atoms with E-state index in [1.807, 2.05) is 18.2 Å². The molecule has 2 aromatic heterocycles. The maximum atomic E-state index is 9.46. The van der Waals surface area contributed by atoms with E-state index in [4.69, 9.17) is 4.74 Å². The second-order valence-electron chi connectivity index (χ2n) is 6.97. The number of hydrogen-bond acceptors (Lipinski definition) is 5. The van der Waals surface area contributed by atoms with Crippen molar-refractivity contribution in [2.45, 2.75) is 0 Å². The smallest absolute Gasteiger partial charge is 0.141 e. The Balaban J connectivity index is 1.53. The van der Waals surface area contributed by atoms with E-state index in [0.29, 0.717) is 5.56 Å². The zero-order valence-electron chi connectivity index (χ0n) is 15.8. The van der Waals surface area contributed by atoms with Crippen LogP contribution in [0.2, 0.25) is 0 Å². The summed E-state index contributed by atoms with van der Waals surface area (Å²) in [5.74, 6) is 0. The van der Waals surface area contributed by atoms with Gasteiger partial charge in [0.25, 0.3) is 0 Å². The van der Waals surface area contributed by atoms with E-state index in [-0.39, 0.29) is 0 Å². The fourth-order valence-electron chi connectivity index (χ4n) is 3.77. The summed E-state index contributed by atoms with van der Waals surface area (Å²) in [5.41, 5.74) is 6.20. The maximum absolute atomic E-state index is 9.46. The van der Waals surface area contributed by atoms with E-state index >= 15 is 0 Å². The highest BCUT2D eigenvalue weighted by atomic mass is 16.5. The minimum Gasteiger partial charge on any atom is -0.378 e. The summed E-state index contributed by atoms with van der Waals surface area (Å²) in [6, 6.07) is 20.3. The molecule has 2 aromatic carbocycles. The van der Waals surface area contributed by atoms with Crippen molar-refractivity contribution < 1.29 is 4.74 Å². The molecule has 0 unspecified atom stereocenters. The predicted molar refractivity (Wildman–Crippen MR) is 113 cm³/mol. The van der Waals surface area contributed by atoms with E-state index in [0.717, 1.165) is 59.9 Å². The third kappa shape index (κ3) is 3.22. The Morgan fingerprint density at radius 3 is 2.59 bits per heavy atom. The van der Waals surface area contributed by atoms with Gasteiger partial charge in [-0.2, -0.15) is 5.26 Å². The van der Waals surface area contributed by atoms with Crippen LogP contribution >= 0.6 is 0 Å². The largest absolute Gasteiger partial charge is 0.378 e. The van der Waals surface area contributed by atoms with Gasteiger partial charge in [-0.25, -0.2) is 9.97 Å². The number of aromatic amines is 1. The average molecular weight is 381 g/mol. The van der Waals surface area contributed by atoms with Gasteiger partial charge in [0.1, 0.15) is 12.0 Å². The highest BCUT2D eigenvalue weighted by molar-refractivity contribution is 5.95. The summed E-state index contributed by atoms with van der Waals surface area (Å²) < 4.78 is 5.43. The number of H-pyrrole nitrogens is 1. The number of ether oxygens (including phenoxy) is 1. The van der Waals surface area contributed by atoms with Gasteiger partial charge in [0, 0.05) is 35.4 Å². The molecule has 1 saturated heterocycles. The molecule has 1 aliphatic rings. The van der Waals surface area contributed by atoms with Gasteiger partial charge < -0.3 is 14.6 Å². The van der Waals surface area contributed by atoms with Crippen molar-refractivity contribution in [2.24, 2.45) is 0 Å². The van der Waals surface area contributed by atoms with Crippen LogP contribution in [0.25, 0.3) is 33.5 Å². The first-order valence-electron chi connectivity index (χ1n) is 9.60. The van der Waals surface area contributed by atoms with Crippen LogP contribution in [0.3, 0.4) is 0 Å². The number of nitrogens with zero attached hydrogens (tertiary/aromatic N) is 4.